The van der Waals surface area contributed by atoms with Crippen molar-refractivity contribution in [3.8, 4) is 0 Å². The summed E-state index contributed by atoms with van der Waals surface area (Å²) in [7, 11) is -3.22. The third-order valence-electron chi connectivity index (χ3n) is 4.53. The first-order chi connectivity index (χ1) is 13.2. The summed E-state index contributed by atoms with van der Waals surface area (Å²) in [4.78, 5) is 36.5. The number of aryl methyl sites for hydroxylation is 1. The molecule has 156 valence electrons. The molecular formula is C15H23N5O6S2. The first-order valence-electron chi connectivity index (χ1n) is 8.68. The third kappa shape index (κ3) is 5.02. The van der Waals surface area contributed by atoms with Crippen LogP contribution in [0, 0.1) is 12.8 Å². The Morgan fingerprint density at radius 3 is 2.39 bits per heavy atom. The summed E-state index contributed by atoms with van der Waals surface area (Å²) < 4.78 is 25.2. The van der Waals surface area contributed by atoms with Gasteiger partial charge in [0.25, 0.3) is 6.47 Å². The minimum atomic E-state index is -3.22. The number of carbonyl (C=O) groups excluding carboxylic acids is 2. The molecule has 2 aliphatic heterocycles. The Labute approximate surface area is 167 Å². The van der Waals surface area contributed by atoms with Gasteiger partial charge in [-0.05, 0) is 13.8 Å². The lowest BCUT2D eigenvalue weighted by Crippen LogP contribution is -2.52. The summed E-state index contributed by atoms with van der Waals surface area (Å²) in [5.41, 5.74) is 0. The number of anilines is 1. The number of piperazine rings is 1. The maximum absolute atomic E-state index is 12.7. The Kier molecular flexibility index (Phi) is 7.43. The van der Waals surface area contributed by atoms with Gasteiger partial charge in [-0.15, -0.1) is 10.2 Å². The van der Waals surface area contributed by atoms with Gasteiger partial charge in [-0.3, -0.25) is 19.3 Å². The van der Waals surface area contributed by atoms with Gasteiger partial charge in [0.2, 0.25) is 27.0 Å². The number of amides is 2. The average Bonchev–Trinajstić information content (AvgIpc) is 3.27. The van der Waals surface area contributed by atoms with Gasteiger partial charge < -0.3 is 10.0 Å². The quantitative estimate of drug-likeness (QED) is 0.620. The van der Waals surface area contributed by atoms with Crippen molar-refractivity contribution >= 4 is 44.8 Å². The molecule has 2 aliphatic rings. The number of carbonyl (C=O) groups is 3. The molecule has 13 heteroatoms. The van der Waals surface area contributed by atoms with E-state index in [0.717, 1.165) is 5.01 Å². The van der Waals surface area contributed by atoms with E-state index in [9.17, 15) is 18.0 Å². The zero-order chi connectivity index (χ0) is 20.9. The fourth-order valence-electron chi connectivity index (χ4n) is 3.08. The Bertz CT molecular complexity index is 819. The Morgan fingerprint density at radius 2 is 1.89 bits per heavy atom. The monoisotopic (exact) mass is 433 g/mol. The summed E-state index contributed by atoms with van der Waals surface area (Å²) in [6.45, 7) is 4.82. The van der Waals surface area contributed by atoms with Crippen LogP contribution in [0.1, 0.15) is 18.4 Å². The second-order valence-corrected chi connectivity index (χ2v) is 9.66. The Hall–Kier alpha value is -2.12. The first-order valence-corrected chi connectivity index (χ1v) is 11.1. The minimum Gasteiger partial charge on any atom is -0.483 e. The summed E-state index contributed by atoms with van der Waals surface area (Å²) >= 11 is 1.33. The molecule has 28 heavy (non-hydrogen) atoms. The second-order valence-electron chi connectivity index (χ2n) is 6.24. The molecule has 0 bridgehead atoms. The second kappa shape index (κ2) is 9.39. The third-order valence-corrected chi connectivity index (χ3v) is 7.27. The lowest BCUT2D eigenvalue weighted by Gasteiger charge is -2.35. The maximum atomic E-state index is 12.7. The van der Waals surface area contributed by atoms with Crippen LogP contribution in [0.2, 0.25) is 0 Å². The highest BCUT2D eigenvalue weighted by molar-refractivity contribution is 7.89. The number of rotatable bonds is 4. The Morgan fingerprint density at radius 1 is 1.29 bits per heavy atom. The van der Waals surface area contributed by atoms with Gasteiger partial charge in [0.05, 0.1) is 11.7 Å². The standard InChI is InChI=1S/C14H21N5O4S2.CH2O2/c1-3-25(22,23)18-6-4-17(5-7-18)13(21)11-8-12(20)19(9-11)14-16-15-10(2)24-14;2-1-3/h11H,3-9H2,1-2H3;1H,(H,2,3). The zero-order valence-electron chi connectivity index (χ0n) is 15.6. The van der Waals surface area contributed by atoms with Gasteiger partial charge in [0.15, 0.2) is 0 Å². The van der Waals surface area contributed by atoms with Crippen LogP contribution in [-0.4, -0.2) is 89.7 Å². The number of nitrogens with zero attached hydrogens (tertiary/aromatic N) is 5. The molecule has 1 unspecified atom stereocenters. The van der Waals surface area contributed by atoms with Gasteiger partial charge in [0, 0.05) is 39.1 Å². The van der Waals surface area contributed by atoms with E-state index in [1.54, 1.807) is 11.8 Å². The minimum absolute atomic E-state index is 0.0638. The highest BCUT2D eigenvalue weighted by atomic mass is 32.2. The first kappa shape index (κ1) is 22.2. The van der Waals surface area contributed by atoms with Crippen molar-refractivity contribution in [1.29, 1.82) is 0 Å². The van der Waals surface area contributed by atoms with E-state index in [-0.39, 0.29) is 30.5 Å². The van der Waals surface area contributed by atoms with Crippen molar-refractivity contribution in [3.05, 3.63) is 5.01 Å². The van der Waals surface area contributed by atoms with E-state index < -0.39 is 15.9 Å². The van der Waals surface area contributed by atoms with Crippen LogP contribution in [0.3, 0.4) is 0 Å². The summed E-state index contributed by atoms with van der Waals surface area (Å²) in [6, 6.07) is 0. The largest absolute Gasteiger partial charge is 0.483 e. The molecule has 2 amide bonds. The van der Waals surface area contributed by atoms with Crippen molar-refractivity contribution in [2.45, 2.75) is 20.3 Å². The van der Waals surface area contributed by atoms with Crippen LogP contribution in [0.5, 0.6) is 0 Å². The predicted molar refractivity (Wildman–Crippen MR) is 101 cm³/mol. The fourth-order valence-corrected chi connectivity index (χ4v) is 4.88. The number of sulfonamides is 1. The van der Waals surface area contributed by atoms with E-state index in [1.165, 1.54) is 20.5 Å². The summed E-state index contributed by atoms with van der Waals surface area (Å²) in [5, 5.41) is 16.1. The lowest BCUT2D eigenvalue weighted by atomic mass is 10.1. The molecule has 0 spiro atoms. The van der Waals surface area contributed by atoms with Gasteiger partial charge in [-0.25, -0.2) is 8.42 Å². The summed E-state index contributed by atoms with van der Waals surface area (Å²) in [5.74, 6) is -0.563. The van der Waals surface area contributed by atoms with E-state index in [0.29, 0.717) is 37.9 Å². The van der Waals surface area contributed by atoms with E-state index in [4.69, 9.17) is 9.90 Å². The van der Waals surface area contributed by atoms with Crippen LogP contribution in [0.4, 0.5) is 5.13 Å². The SMILES string of the molecule is CCS(=O)(=O)N1CCN(C(=O)C2CC(=O)N(c3nnc(C)s3)C2)CC1.O=CO. The number of carboxylic acid groups (broad SMARTS) is 1. The van der Waals surface area contributed by atoms with E-state index in [1.807, 2.05) is 6.92 Å². The van der Waals surface area contributed by atoms with Crippen molar-refractivity contribution in [2.24, 2.45) is 5.92 Å². The van der Waals surface area contributed by atoms with Gasteiger partial charge in [0.1, 0.15) is 5.01 Å². The van der Waals surface area contributed by atoms with Gasteiger partial charge >= 0.3 is 0 Å². The van der Waals surface area contributed by atoms with Crippen LogP contribution >= 0.6 is 11.3 Å². The van der Waals surface area contributed by atoms with Crippen molar-refractivity contribution in [2.75, 3.05) is 43.4 Å². The number of hydrogen-bond donors (Lipinski definition) is 1. The lowest BCUT2D eigenvalue weighted by molar-refractivity contribution is -0.137. The van der Waals surface area contributed by atoms with Crippen LogP contribution in [-0.2, 0) is 24.4 Å². The number of aromatic nitrogens is 2. The molecule has 0 radical (unpaired) electrons. The molecule has 3 heterocycles. The Balaban J connectivity index is 0.000000878. The molecule has 1 atom stereocenters. The average molecular weight is 434 g/mol. The highest BCUT2D eigenvalue weighted by Crippen LogP contribution is 2.28. The molecule has 1 aromatic heterocycles. The predicted octanol–water partition coefficient (Wildman–Crippen LogP) is -0.606. The van der Waals surface area contributed by atoms with Crippen molar-refractivity contribution in [1.82, 2.24) is 19.4 Å². The van der Waals surface area contributed by atoms with Gasteiger partial charge in [-0.2, -0.15) is 4.31 Å². The molecule has 0 aromatic carbocycles. The van der Waals surface area contributed by atoms with E-state index in [2.05, 4.69) is 10.2 Å². The maximum Gasteiger partial charge on any atom is 0.290 e. The van der Waals surface area contributed by atoms with Crippen LogP contribution in [0.25, 0.3) is 0 Å². The number of hydrogen-bond acceptors (Lipinski definition) is 8. The normalized spacial score (nSPS) is 20.6. The topological polar surface area (TPSA) is 141 Å². The van der Waals surface area contributed by atoms with Crippen LogP contribution < -0.4 is 4.90 Å². The summed E-state index contributed by atoms with van der Waals surface area (Å²) in [6.07, 6.45) is 0.158. The smallest absolute Gasteiger partial charge is 0.290 e. The molecule has 1 N–H and O–H groups in total. The zero-order valence-corrected chi connectivity index (χ0v) is 17.3. The molecule has 3 rings (SSSR count). The van der Waals surface area contributed by atoms with Crippen LogP contribution in [0.15, 0.2) is 0 Å². The molecular weight excluding hydrogens is 410 g/mol. The van der Waals surface area contributed by atoms with E-state index >= 15 is 0 Å². The van der Waals surface area contributed by atoms with Crippen molar-refractivity contribution in [3.63, 3.8) is 0 Å². The highest BCUT2D eigenvalue weighted by Gasteiger charge is 2.39. The molecule has 1 aromatic rings. The molecule has 11 nitrogen and oxygen atoms in total. The fraction of sp³-hybridized carbons (Fsp3) is 0.667. The molecule has 0 aliphatic carbocycles. The molecule has 2 saturated heterocycles. The van der Waals surface area contributed by atoms with Gasteiger partial charge in [-0.1, -0.05) is 11.3 Å². The molecule has 2 fully saturated rings. The van der Waals surface area contributed by atoms with Crippen molar-refractivity contribution < 1.29 is 27.9 Å². The molecule has 0 saturated carbocycles.